The molecule has 20 heavy (non-hydrogen) atoms. The molecule has 5 nitrogen and oxygen atoms in total. The zero-order valence-electron chi connectivity index (χ0n) is 11.5. The van der Waals surface area contributed by atoms with Gasteiger partial charge < -0.3 is 19.7 Å². The van der Waals surface area contributed by atoms with Gasteiger partial charge in [-0.05, 0) is 47.5 Å². The molecule has 1 heterocycles. The smallest absolute Gasteiger partial charge is 0.175 e. The number of nitrogens with two attached hydrogens (primary N) is 1. The highest BCUT2D eigenvalue weighted by molar-refractivity contribution is 9.10. The van der Waals surface area contributed by atoms with Crippen LogP contribution >= 0.6 is 15.9 Å². The molecule has 0 saturated carbocycles. The van der Waals surface area contributed by atoms with E-state index in [1.165, 1.54) is 0 Å². The van der Waals surface area contributed by atoms with E-state index in [0.717, 1.165) is 21.5 Å². The van der Waals surface area contributed by atoms with E-state index < -0.39 is 0 Å². The van der Waals surface area contributed by atoms with Gasteiger partial charge in [-0.25, -0.2) is 0 Å². The van der Waals surface area contributed by atoms with Gasteiger partial charge in [0, 0.05) is 12.6 Å². The first-order chi connectivity index (χ1) is 9.63. The lowest BCUT2D eigenvalue weighted by atomic mass is 10.2. The SMILES string of the molecule is CCOc1cc(CN)cc(Br)c1OCc1cc(C)on1. The van der Waals surface area contributed by atoms with Crippen LogP contribution in [0.2, 0.25) is 0 Å². The Balaban J connectivity index is 2.20. The molecule has 0 atom stereocenters. The van der Waals surface area contributed by atoms with Crippen LogP contribution in [0.4, 0.5) is 0 Å². The molecule has 1 aromatic carbocycles. The fourth-order valence-corrected chi connectivity index (χ4v) is 2.38. The Morgan fingerprint density at radius 3 is 2.70 bits per heavy atom. The van der Waals surface area contributed by atoms with E-state index in [-0.39, 0.29) is 0 Å². The van der Waals surface area contributed by atoms with Gasteiger partial charge in [0.25, 0.3) is 0 Å². The number of ether oxygens (including phenoxy) is 2. The molecule has 0 fully saturated rings. The van der Waals surface area contributed by atoms with E-state index in [1.54, 1.807) is 0 Å². The Morgan fingerprint density at radius 1 is 1.30 bits per heavy atom. The third-order valence-corrected chi connectivity index (χ3v) is 3.24. The van der Waals surface area contributed by atoms with Gasteiger partial charge in [0.2, 0.25) is 0 Å². The van der Waals surface area contributed by atoms with E-state index in [1.807, 2.05) is 32.0 Å². The summed E-state index contributed by atoms with van der Waals surface area (Å²) in [4.78, 5) is 0. The first-order valence-electron chi connectivity index (χ1n) is 6.34. The molecular formula is C14H17BrN2O3. The maximum absolute atomic E-state index is 5.78. The Labute approximate surface area is 126 Å². The fraction of sp³-hybridized carbons (Fsp3) is 0.357. The highest BCUT2D eigenvalue weighted by atomic mass is 79.9. The van der Waals surface area contributed by atoms with E-state index in [4.69, 9.17) is 19.7 Å². The number of hydrogen-bond donors (Lipinski definition) is 1. The number of aromatic nitrogens is 1. The van der Waals surface area contributed by atoms with Gasteiger partial charge in [-0.1, -0.05) is 5.16 Å². The van der Waals surface area contributed by atoms with Crippen molar-refractivity contribution >= 4 is 15.9 Å². The van der Waals surface area contributed by atoms with Crippen molar-refractivity contribution in [3.63, 3.8) is 0 Å². The van der Waals surface area contributed by atoms with Crippen molar-refractivity contribution in [1.29, 1.82) is 0 Å². The summed E-state index contributed by atoms with van der Waals surface area (Å²) in [6.45, 7) is 5.08. The molecule has 2 N–H and O–H groups in total. The van der Waals surface area contributed by atoms with Gasteiger partial charge >= 0.3 is 0 Å². The molecule has 2 aromatic rings. The Bertz CT molecular complexity index is 584. The number of nitrogens with zero attached hydrogens (tertiary/aromatic N) is 1. The largest absolute Gasteiger partial charge is 0.490 e. The Kier molecular flexibility index (Phi) is 5.03. The molecule has 0 saturated heterocycles. The summed E-state index contributed by atoms with van der Waals surface area (Å²) in [5, 5.41) is 3.89. The summed E-state index contributed by atoms with van der Waals surface area (Å²) in [6, 6.07) is 5.64. The maximum Gasteiger partial charge on any atom is 0.175 e. The second kappa shape index (κ2) is 6.76. The van der Waals surface area contributed by atoms with Crippen LogP contribution in [0.3, 0.4) is 0 Å². The number of hydrogen-bond acceptors (Lipinski definition) is 5. The number of aryl methyl sites for hydroxylation is 1. The quantitative estimate of drug-likeness (QED) is 0.874. The fourth-order valence-electron chi connectivity index (χ4n) is 1.77. The first kappa shape index (κ1) is 14.9. The van der Waals surface area contributed by atoms with Crippen LogP contribution in [0.1, 0.15) is 23.9 Å². The first-order valence-corrected chi connectivity index (χ1v) is 7.13. The standard InChI is InChI=1S/C14H17BrN2O3/c1-3-18-13-6-10(7-16)5-12(15)14(13)19-8-11-4-9(2)20-17-11/h4-6H,3,7-8,16H2,1-2H3. The molecule has 0 aliphatic carbocycles. The zero-order valence-corrected chi connectivity index (χ0v) is 13.1. The normalized spacial score (nSPS) is 10.6. The van der Waals surface area contributed by atoms with Crippen LogP contribution in [0.25, 0.3) is 0 Å². The number of benzene rings is 1. The lowest BCUT2D eigenvalue weighted by Gasteiger charge is -2.14. The van der Waals surface area contributed by atoms with Crippen molar-refractivity contribution in [2.24, 2.45) is 5.73 Å². The van der Waals surface area contributed by atoms with Crippen molar-refractivity contribution in [2.75, 3.05) is 6.61 Å². The predicted octanol–water partition coefficient (Wildman–Crippen LogP) is 3.18. The van der Waals surface area contributed by atoms with E-state index in [0.29, 0.717) is 31.3 Å². The minimum absolute atomic E-state index is 0.317. The Hall–Kier alpha value is -1.53. The zero-order chi connectivity index (χ0) is 14.5. The van der Waals surface area contributed by atoms with Crippen LogP contribution in [0, 0.1) is 6.92 Å². The number of halogens is 1. The highest BCUT2D eigenvalue weighted by Gasteiger charge is 2.13. The molecule has 0 aliphatic rings. The van der Waals surface area contributed by atoms with E-state index in [2.05, 4.69) is 21.1 Å². The van der Waals surface area contributed by atoms with Crippen molar-refractivity contribution < 1.29 is 14.0 Å². The molecule has 0 radical (unpaired) electrons. The average Bonchev–Trinajstić information content (AvgIpc) is 2.83. The second-order valence-corrected chi connectivity index (χ2v) is 5.11. The molecule has 0 spiro atoms. The monoisotopic (exact) mass is 340 g/mol. The molecule has 0 amide bonds. The minimum atomic E-state index is 0.317. The molecular weight excluding hydrogens is 324 g/mol. The van der Waals surface area contributed by atoms with Crippen LogP contribution in [-0.4, -0.2) is 11.8 Å². The van der Waals surface area contributed by atoms with Gasteiger partial charge in [-0.15, -0.1) is 0 Å². The maximum atomic E-state index is 5.78. The van der Waals surface area contributed by atoms with Crippen LogP contribution in [0.5, 0.6) is 11.5 Å². The third-order valence-electron chi connectivity index (χ3n) is 2.65. The molecule has 0 aliphatic heterocycles. The average molecular weight is 341 g/mol. The molecule has 0 bridgehead atoms. The second-order valence-electron chi connectivity index (χ2n) is 4.26. The molecule has 6 heteroatoms. The third kappa shape index (κ3) is 3.52. The van der Waals surface area contributed by atoms with Crippen molar-refractivity contribution in [2.45, 2.75) is 27.0 Å². The summed E-state index contributed by atoms with van der Waals surface area (Å²) in [7, 11) is 0. The summed E-state index contributed by atoms with van der Waals surface area (Å²) in [5.74, 6) is 2.07. The Morgan fingerprint density at radius 2 is 2.10 bits per heavy atom. The van der Waals surface area contributed by atoms with Gasteiger partial charge in [-0.3, -0.25) is 0 Å². The van der Waals surface area contributed by atoms with Crippen molar-refractivity contribution in [3.8, 4) is 11.5 Å². The minimum Gasteiger partial charge on any atom is -0.490 e. The summed E-state index contributed by atoms with van der Waals surface area (Å²) >= 11 is 3.48. The van der Waals surface area contributed by atoms with Gasteiger partial charge in [-0.2, -0.15) is 0 Å². The van der Waals surface area contributed by atoms with Gasteiger partial charge in [0.15, 0.2) is 11.5 Å². The van der Waals surface area contributed by atoms with Gasteiger partial charge in [0.1, 0.15) is 18.1 Å². The molecule has 108 valence electrons. The molecule has 2 rings (SSSR count). The van der Waals surface area contributed by atoms with Gasteiger partial charge in [0.05, 0.1) is 11.1 Å². The van der Waals surface area contributed by atoms with Crippen molar-refractivity contribution in [1.82, 2.24) is 5.16 Å². The lowest BCUT2D eigenvalue weighted by molar-refractivity contribution is 0.258. The predicted molar refractivity (Wildman–Crippen MR) is 78.8 cm³/mol. The summed E-state index contributed by atoms with van der Waals surface area (Å²) < 4.78 is 17.2. The summed E-state index contributed by atoms with van der Waals surface area (Å²) in [5.41, 5.74) is 7.37. The van der Waals surface area contributed by atoms with E-state index in [9.17, 15) is 0 Å². The summed E-state index contributed by atoms with van der Waals surface area (Å²) in [6.07, 6.45) is 0. The number of rotatable bonds is 6. The van der Waals surface area contributed by atoms with Crippen molar-refractivity contribution in [3.05, 3.63) is 39.7 Å². The molecule has 1 aromatic heterocycles. The van der Waals surface area contributed by atoms with Crippen LogP contribution < -0.4 is 15.2 Å². The molecule has 0 unspecified atom stereocenters. The topological polar surface area (TPSA) is 70.5 Å². The van der Waals surface area contributed by atoms with E-state index >= 15 is 0 Å². The van der Waals surface area contributed by atoms with Crippen LogP contribution in [-0.2, 0) is 13.2 Å². The van der Waals surface area contributed by atoms with Crippen LogP contribution in [0.15, 0.2) is 27.2 Å². The highest BCUT2D eigenvalue weighted by Crippen LogP contribution is 2.37. The lowest BCUT2D eigenvalue weighted by Crippen LogP contribution is -2.03.